The number of nitrogens with zero attached hydrogens (tertiary/aromatic N) is 1. The molecule has 1 heterocycles. The molecule has 6 nitrogen and oxygen atoms in total. The molecule has 0 aliphatic carbocycles. The average Bonchev–Trinajstić information content (AvgIpc) is 2.53. The molecule has 2 rings (SSSR count). The van der Waals surface area contributed by atoms with Crippen molar-refractivity contribution in [2.45, 2.75) is 32.7 Å². The average molecular weight is 356 g/mol. The largest absolute Gasteiger partial charge is 0.482 e. The fraction of sp³-hybridized carbons (Fsp3) is 0.529. The maximum Gasteiger partial charge on any atom is 0.265 e. The Morgan fingerprint density at radius 2 is 2.08 bits per heavy atom. The van der Waals surface area contributed by atoms with Crippen LogP contribution in [0.1, 0.15) is 27.2 Å². The van der Waals surface area contributed by atoms with Crippen molar-refractivity contribution in [2.24, 2.45) is 11.7 Å². The van der Waals surface area contributed by atoms with Gasteiger partial charge in [-0.3, -0.25) is 9.59 Å². The van der Waals surface area contributed by atoms with Crippen LogP contribution in [0.4, 0.5) is 5.69 Å². The SMILES string of the molecule is CC(C)C(C)(CN)NC(=O)CCN1C(=O)COc2ccccc21.Cl. The Bertz CT molecular complexity index is 594. The Morgan fingerprint density at radius 1 is 1.42 bits per heavy atom. The third kappa shape index (κ3) is 4.39. The molecule has 3 N–H and O–H groups in total. The Kier molecular flexibility index (Phi) is 7.05. The second kappa shape index (κ2) is 8.35. The minimum Gasteiger partial charge on any atom is -0.482 e. The summed E-state index contributed by atoms with van der Waals surface area (Å²) in [6.45, 7) is 6.68. The number of ether oxygens (including phenoxy) is 1. The molecule has 0 bridgehead atoms. The van der Waals surface area contributed by atoms with Crippen LogP contribution in [0.3, 0.4) is 0 Å². The number of benzene rings is 1. The summed E-state index contributed by atoms with van der Waals surface area (Å²) in [4.78, 5) is 25.9. The van der Waals surface area contributed by atoms with Gasteiger partial charge in [-0.1, -0.05) is 26.0 Å². The summed E-state index contributed by atoms with van der Waals surface area (Å²) in [5.41, 5.74) is 6.05. The van der Waals surface area contributed by atoms with Gasteiger partial charge in [-0.25, -0.2) is 0 Å². The van der Waals surface area contributed by atoms with E-state index in [0.717, 1.165) is 0 Å². The van der Waals surface area contributed by atoms with E-state index in [0.29, 0.717) is 24.5 Å². The normalized spacial score (nSPS) is 15.9. The van der Waals surface area contributed by atoms with Gasteiger partial charge in [0.15, 0.2) is 6.61 Å². The molecule has 1 aromatic carbocycles. The van der Waals surface area contributed by atoms with Crippen LogP contribution in [-0.2, 0) is 9.59 Å². The van der Waals surface area contributed by atoms with Crippen molar-refractivity contribution in [1.29, 1.82) is 0 Å². The van der Waals surface area contributed by atoms with Gasteiger partial charge in [-0.15, -0.1) is 12.4 Å². The number of carbonyl (C=O) groups is 2. The van der Waals surface area contributed by atoms with Crippen molar-refractivity contribution in [3.63, 3.8) is 0 Å². The van der Waals surface area contributed by atoms with Crippen molar-refractivity contribution in [1.82, 2.24) is 5.32 Å². The highest BCUT2D eigenvalue weighted by atomic mass is 35.5. The summed E-state index contributed by atoms with van der Waals surface area (Å²) in [6, 6.07) is 7.34. The van der Waals surface area contributed by atoms with Gasteiger partial charge in [-0.2, -0.15) is 0 Å². The van der Waals surface area contributed by atoms with E-state index < -0.39 is 5.54 Å². The molecule has 0 fully saturated rings. The number of rotatable bonds is 6. The van der Waals surface area contributed by atoms with E-state index in [1.807, 2.05) is 45.0 Å². The molecule has 0 radical (unpaired) electrons. The van der Waals surface area contributed by atoms with Crippen LogP contribution in [0.15, 0.2) is 24.3 Å². The van der Waals surface area contributed by atoms with E-state index in [1.165, 1.54) is 0 Å². The molecule has 1 aliphatic heterocycles. The molecule has 2 amide bonds. The molecule has 0 saturated carbocycles. The molecule has 1 atom stereocenters. The standard InChI is InChI=1S/C17H25N3O3.ClH/c1-12(2)17(3,11-18)19-15(21)8-9-20-13-6-4-5-7-14(13)23-10-16(20)22;/h4-7,12H,8-11,18H2,1-3H3,(H,19,21);1H. The zero-order valence-corrected chi connectivity index (χ0v) is 15.2. The summed E-state index contributed by atoms with van der Waals surface area (Å²) in [6.07, 6.45) is 0.225. The monoisotopic (exact) mass is 355 g/mol. The molecule has 1 unspecified atom stereocenters. The Hall–Kier alpha value is -1.79. The lowest BCUT2D eigenvalue weighted by Crippen LogP contribution is -2.55. The van der Waals surface area contributed by atoms with Crippen molar-refractivity contribution < 1.29 is 14.3 Å². The summed E-state index contributed by atoms with van der Waals surface area (Å²) in [5, 5.41) is 2.99. The maximum absolute atomic E-state index is 12.2. The van der Waals surface area contributed by atoms with Crippen LogP contribution >= 0.6 is 12.4 Å². The lowest BCUT2D eigenvalue weighted by atomic mass is 9.88. The highest BCUT2D eigenvalue weighted by molar-refractivity contribution is 5.98. The predicted octanol–water partition coefficient (Wildman–Crippen LogP) is 1.71. The van der Waals surface area contributed by atoms with Gasteiger partial charge >= 0.3 is 0 Å². The first-order valence-electron chi connectivity index (χ1n) is 7.90. The fourth-order valence-corrected chi connectivity index (χ4v) is 2.42. The van der Waals surface area contributed by atoms with Crippen molar-refractivity contribution in [3.05, 3.63) is 24.3 Å². The lowest BCUT2D eigenvalue weighted by molar-refractivity contribution is -0.123. The minimum atomic E-state index is -0.440. The van der Waals surface area contributed by atoms with Gasteiger partial charge in [0.1, 0.15) is 5.75 Å². The summed E-state index contributed by atoms with van der Waals surface area (Å²) >= 11 is 0. The number of anilines is 1. The van der Waals surface area contributed by atoms with E-state index in [4.69, 9.17) is 10.5 Å². The van der Waals surface area contributed by atoms with E-state index in [9.17, 15) is 9.59 Å². The first-order chi connectivity index (χ1) is 10.9. The predicted molar refractivity (Wildman–Crippen MR) is 96.6 cm³/mol. The van der Waals surface area contributed by atoms with Crippen LogP contribution in [-0.4, -0.2) is 37.0 Å². The van der Waals surface area contributed by atoms with Gasteiger partial charge in [0.25, 0.3) is 5.91 Å². The molecule has 1 aliphatic rings. The number of nitrogens with two attached hydrogens (primary N) is 1. The van der Waals surface area contributed by atoms with E-state index in [1.54, 1.807) is 4.90 Å². The summed E-state index contributed by atoms with van der Waals surface area (Å²) in [5.74, 6) is 0.647. The highest BCUT2D eigenvalue weighted by Gasteiger charge is 2.30. The van der Waals surface area contributed by atoms with Crippen LogP contribution in [0, 0.1) is 5.92 Å². The molecular weight excluding hydrogens is 330 g/mol. The number of hydrogen-bond acceptors (Lipinski definition) is 4. The quantitative estimate of drug-likeness (QED) is 0.813. The molecule has 24 heavy (non-hydrogen) atoms. The first-order valence-corrected chi connectivity index (χ1v) is 7.90. The second-order valence-corrected chi connectivity index (χ2v) is 6.38. The molecular formula is C17H26ClN3O3. The van der Waals surface area contributed by atoms with Crippen LogP contribution in [0.25, 0.3) is 0 Å². The molecule has 7 heteroatoms. The number of para-hydroxylation sites is 2. The zero-order valence-electron chi connectivity index (χ0n) is 14.4. The van der Waals surface area contributed by atoms with Crippen LogP contribution in [0.5, 0.6) is 5.75 Å². The van der Waals surface area contributed by atoms with E-state index in [2.05, 4.69) is 5.32 Å². The smallest absolute Gasteiger partial charge is 0.265 e. The molecule has 134 valence electrons. The third-order valence-corrected chi connectivity index (χ3v) is 4.49. The van der Waals surface area contributed by atoms with Gasteiger partial charge < -0.3 is 20.7 Å². The molecule has 0 spiro atoms. The van der Waals surface area contributed by atoms with Crippen molar-refractivity contribution in [2.75, 3.05) is 24.6 Å². The van der Waals surface area contributed by atoms with E-state index >= 15 is 0 Å². The van der Waals surface area contributed by atoms with E-state index in [-0.39, 0.29) is 43.2 Å². The number of halogens is 1. The Morgan fingerprint density at radius 3 is 2.71 bits per heavy atom. The lowest BCUT2D eigenvalue weighted by Gasteiger charge is -2.34. The minimum absolute atomic E-state index is 0. The first kappa shape index (κ1) is 20.3. The fourth-order valence-electron chi connectivity index (χ4n) is 2.42. The maximum atomic E-state index is 12.2. The van der Waals surface area contributed by atoms with Gasteiger partial charge in [0, 0.05) is 19.5 Å². The van der Waals surface area contributed by atoms with Gasteiger partial charge in [0.05, 0.1) is 11.2 Å². The number of nitrogens with one attached hydrogen (secondary N) is 1. The highest BCUT2D eigenvalue weighted by Crippen LogP contribution is 2.31. The summed E-state index contributed by atoms with van der Waals surface area (Å²) < 4.78 is 5.39. The van der Waals surface area contributed by atoms with Crippen molar-refractivity contribution >= 4 is 29.9 Å². The van der Waals surface area contributed by atoms with Gasteiger partial charge in [-0.05, 0) is 25.0 Å². The topological polar surface area (TPSA) is 84.7 Å². The number of carbonyl (C=O) groups excluding carboxylic acids is 2. The third-order valence-electron chi connectivity index (χ3n) is 4.49. The molecule has 0 saturated heterocycles. The summed E-state index contributed by atoms with van der Waals surface area (Å²) in [7, 11) is 0. The Labute approximate surface area is 149 Å². The van der Waals surface area contributed by atoms with Crippen LogP contribution < -0.4 is 20.7 Å². The Balaban J connectivity index is 0.00000288. The zero-order chi connectivity index (χ0) is 17.0. The second-order valence-electron chi connectivity index (χ2n) is 6.38. The number of amides is 2. The molecule has 1 aromatic rings. The van der Waals surface area contributed by atoms with Gasteiger partial charge in [0.2, 0.25) is 5.91 Å². The molecule has 0 aromatic heterocycles. The van der Waals surface area contributed by atoms with Crippen molar-refractivity contribution in [3.8, 4) is 5.75 Å². The number of fused-ring (bicyclic) bond motifs is 1. The number of hydrogen-bond donors (Lipinski definition) is 2. The van der Waals surface area contributed by atoms with Crippen LogP contribution in [0.2, 0.25) is 0 Å².